The van der Waals surface area contributed by atoms with Gasteiger partial charge in [-0.3, -0.25) is 4.79 Å². The van der Waals surface area contributed by atoms with Crippen LogP contribution in [-0.2, 0) is 17.9 Å². The molecule has 0 spiro atoms. The molecule has 4 nitrogen and oxygen atoms in total. The summed E-state index contributed by atoms with van der Waals surface area (Å²) in [5, 5.41) is 0. The van der Waals surface area contributed by atoms with E-state index in [1.807, 2.05) is 56.3 Å². The summed E-state index contributed by atoms with van der Waals surface area (Å²) in [5.41, 5.74) is 2.67. The molecule has 0 saturated heterocycles. The van der Waals surface area contributed by atoms with Crippen LogP contribution in [0.1, 0.15) is 35.3 Å². The molecule has 0 aliphatic heterocycles. The minimum Gasteiger partial charge on any atom is -0.496 e. The molecule has 5 heteroatoms. The number of hydrogen-bond acceptors (Lipinski definition) is 3. The van der Waals surface area contributed by atoms with E-state index in [9.17, 15) is 4.79 Å². The number of methoxy groups -OCH3 is 1. The first-order valence-electron chi connectivity index (χ1n) is 8.19. The Balaban J connectivity index is 2.06. The second-order valence-corrected chi connectivity index (χ2v) is 7.09. The van der Waals surface area contributed by atoms with Gasteiger partial charge in [0.2, 0.25) is 0 Å². The third-order valence-electron chi connectivity index (χ3n) is 3.78. The van der Waals surface area contributed by atoms with Crippen molar-refractivity contribution in [2.75, 3.05) is 14.2 Å². The number of carbonyl (C=O) groups is 1. The Labute approximate surface area is 157 Å². The van der Waals surface area contributed by atoms with Gasteiger partial charge in [0, 0.05) is 29.2 Å². The molecular weight excluding hydrogens is 382 g/mol. The van der Waals surface area contributed by atoms with Crippen LogP contribution in [-0.4, -0.2) is 31.1 Å². The van der Waals surface area contributed by atoms with E-state index in [0.29, 0.717) is 18.7 Å². The predicted molar refractivity (Wildman–Crippen MR) is 103 cm³/mol. The van der Waals surface area contributed by atoms with Crippen LogP contribution < -0.4 is 4.74 Å². The van der Waals surface area contributed by atoms with Crippen LogP contribution in [0.5, 0.6) is 5.75 Å². The maximum atomic E-state index is 12.7. The lowest BCUT2D eigenvalue weighted by Gasteiger charge is -2.19. The van der Waals surface area contributed by atoms with Crippen LogP contribution in [0.4, 0.5) is 0 Å². The van der Waals surface area contributed by atoms with Crippen LogP contribution in [0.2, 0.25) is 0 Å². The van der Waals surface area contributed by atoms with Crippen molar-refractivity contribution in [3.63, 3.8) is 0 Å². The third kappa shape index (κ3) is 5.58. The Kier molecular flexibility index (Phi) is 7.02. The smallest absolute Gasteiger partial charge is 0.253 e. The maximum Gasteiger partial charge on any atom is 0.253 e. The fourth-order valence-electron chi connectivity index (χ4n) is 2.42. The van der Waals surface area contributed by atoms with Gasteiger partial charge in [0.05, 0.1) is 19.8 Å². The van der Waals surface area contributed by atoms with Crippen LogP contribution in [0.25, 0.3) is 0 Å². The number of ether oxygens (including phenoxy) is 2. The second kappa shape index (κ2) is 9.02. The van der Waals surface area contributed by atoms with Gasteiger partial charge in [-0.15, -0.1) is 0 Å². The number of hydrogen-bond donors (Lipinski definition) is 0. The molecule has 0 radical (unpaired) electrons. The molecule has 2 rings (SSSR count). The third-order valence-corrected chi connectivity index (χ3v) is 4.27. The van der Waals surface area contributed by atoms with Crippen LogP contribution in [0.3, 0.4) is 0 Å². The summed E-state index contributed by atoms with van der Waals surface area (Å²) in [4.78, 5) is 14.3. The number of benzene rings is 2. The van der Waals surface area contributed by atoms with Crippen molar-refractivity contribution in [2.45, 2.75) is 33.1 Å². The average Bonchev–Trinajstić information content (AvgIpc) is 2.60. The molecule has 0 aliphatic carbocycles. The largest absolute Gasteiger partial charge is 0.496 e. The van der Waals surface area contributed by atoms with Crippen molar-refractivity contribution < 1.29 is 14.3 Å². The van der Waals surface area contributed by atoms with E-state index in [0.717, 1.165) is 21.3 Å². The van der Waals surface area contributed by atoms with Gasteiger partial charge in [-0.05, 0) is 49.7 Å². The number of nitrogens with zero attached hydrogens (tertiary/aromatic N) is 1. The summed E-state index contributed by atoms with van der Waals surface area (Å²) in [6.45, 7) is 5.03. The number of halogens is 1. The van der Waals surface area contributed by atoms with Crippen molar-refractivity contribution in [1.82, 2.24) is 4.90 Å². The summed E-state index contributed by atoms with van der Waals surface area (Å²) < 4.78 is 11.9. The van der Waals surface area contributed by atoms with E-state index >= 15 is 0 Å². The van der Waals surface area contributed by atoms with Crippen molar-refractivity contribution in [2.24, 2.45) is 0 Å². The highest BCUT2D eigenvalue weighted by atomic mass is 79.9. The van der Waals surface area contributed by atoms with E-state index in [1.54, 1.807) is 19.1 Å². The standard InChI is InChI=1S/C20H24BrNO3/c1-14(2)25-13-15-5-7-16(8-6-15)20(23)22(3)12-17-11-18(21)9-10-19(17)24-4/h5-11,14H,12-13H2,1-4H3. The molecule has 25 heavy (non-hydrogen) atoms. The van der Waals surface area contributed by atoms with Crippen molar-refractivity contribution in [1.29, 1.82) is 0 Å². The highest BCUT2D eigenvalue weighted by Gasteiger charge is 2.14. The molecule has 2 aromatic carbocycles. The van der Waals surface area contributed by atoms with Gasteiger partial charge < -0.3 is 14.4 Å². The van der Waals surface area contributed by atoms with Gasteiger partial charge in [0.15, 0.2) is 0 Å². The highest BCUT2D eigenvalue weighted by Crippen LogP contribution is 2.24. The molecule has 0 fully saturated rings. The number of rotatable bonds is 7. The van der Waals surface area contributed by atoms with Crippen LogP contribution in [0, 0.1) is 0 Å². The Morgan fingerprint density at radius 3 is 2.44 bits per heavy atom. The summed E-state index contributed by atoms with van der Waals surface area (Å²) in [7, 11) is 3.42. The second-order valence-electron chi connectivity index (χ2n) is 6.17. The summed E-state index contributed by atoms with van der Waals surface area (Å²) >= 11 is 3.46. The molecule has 1 amide bonds. The average molecular weight is 406 g/mol. The van der Waals surface area contributed by atoms with Gasteiger partial charge in [0.1, 0.15) is 5.75 Å². The molecule has 0 bridgehead atoms. The zero-order valence-electron chi connectivity index (χ0n) is 15.1. The summed E-state index contributed by atoms with van der Waals surface area (Å²) in [6.07, 6.45) is 0.188. The molecule has 0 saturated carbocycles. The molecular formula is C20H24BrNO3. The lowest BCUT2D eigenvalue weighted by Crippen LogP contribution is -2.26. The van der Waals surface area contributed by atoms with E-state index in [-0.39, 0.29) is 12.0 Å². The molecule has 0 atom stereocenters. The Morgan fingerprint density at radius 1 is 1.16 bits per heavy atom. The van der Waals surface area contributed by atoms with Crippen LogP contribution in [0.15, 0.2) is 46.9 Å². The monoisotopic (exact) mass is 405 g/mol. The molecule has 0 N–H and O–H groups in total. The first-order chi connectivity index (χ1) is 11.9. The summed E-state index contributed by atoms with van der Waals surface area (Å²) in [5.74, 6) is 0.738. The number of carbonyl (C=O) groups excluding carboxylic acids is 1. The van der Waals surface area contributed by atoms with E-state index in [4.69, 9.17) is 9.47 Å². The minimum atomic E-state index is -0.0293. The zero-order valence-corrected chi connectivity index (χ0v) is 16.7. The predicted octanol–water partition coefficient (Wildman–Crippen LogP) is 4.65. The zero-order chi connectivity index (χ0) is 18.4. The van der Waals surface area contributed by atoms with Crippen LogP contribution >= 0.6 is 15.9 Å². The fraction of sp³-hybridized carbons (Fsp3) is 0.350. The van der Waals surface area contributed by atoms with Gasteiger partial charge in [-0.1, -0.05) is 28.1 Å². The molecule has 0 heterocycles. The van der Waals surface area contributed by atoms with Gasteiger partial charge in [-0.25, -0.2) is 0 Å². The van der Waals surface area contributed by atoms with Gasteiger partial charge in [0.25, 0.3) is 5.91 Å². The Hall–Kier alpha value is -1.85. The first kappa shape index (κ1) is 19.5. The van der Waals surface area contributed by atoms with E-state index in [2.05, 4.69) is 15.9 Å². The van der Waals surface area contributed by atoms with Crippen molar-refractivity contribution in [3.05, 3.63) is 63.6 Å². The van der Waals surface area contributed by atoms with Crippen molar-refractivity contribution in [3.8, 4) is 5.75 Å². The molecule has 2 aromatic rings. The summed E-state index contributed by atoms with van der Waals surface area (Å²) in [6, 6.07) is 13.3. The molecule has 0 aromatic heterocycles. The van der Waals surface area contributed by atoms with E-state index < -0.39 is 0 Å². The quantitative estimate of drug-likeness (QED) is 0.672. The van der Waals surface area contributed by atoms with E-state index in [1.165, 1.54) is 0 Å². The SMILES string of the molecule is COc1ccc(Br)cc1CN(C)C(=O)c1ccc(COC(C)C)cc1. The highest BCUT2D eigenvalue weighted by molar-refractivity contribution is 9.10. The lowest BCUT2D eigenvalue weighted by molar-refractivity contribution is 0.0656. The topological polar surface area (TPSA) is 38.8 Å². The first-order valence-corrected chi connectivity index (χ1v) is 8.98. The Bertz CT molecular complexity index is 713. The lowest BCUT2D eigenvalue weighted by atomic mass is 10.1. The molecule has 0 aliphatic rings. The maximum absolute atomic E-state index is 12.7. The Morgan fingerprint density at radius 2 is 1.84 bits per heavy atom. The number of amides is 1. The normalized spacial score (nSPS) is 10.8. The minimum absolute atomic E-state index is 0.0293. The molecule has 134 valence electrons. The van der Waals surface area contributed by atoms with Gasteiger partial charge >= 0.3 is 0 Å². The van der Waals surface area contributed by atoms with Gasteiger partial charge in [-0.2, -0.15) is 0 Å². The fourth-order valence-corrected chi connectivity index (χ4v) is 2.83. The van der Waals surface area contributed by atoms with Crippen molar-refractivity contribution >= 4 is 21.8 Å². The molecule has 0 unspecified atom stereocenters.